The van der Waals surface area contributed by atoms with Gasteiger partial charge in [0.25, 0.3) is 0 Å². The molecule has 0 bridgehead atoms. The van der Waals surface area contributed by atoms with E-state index in [9.17, 15) is 0 Å². The highest BCUT2D eigenvalue weighted by atomic mass is 14.9. The van der Waals surface area contributed by atoms with E-state index in [1.807, 2.05) is 24.3 Å². The number of benzene rings is 1. The maximum Gasteiger partial charge on any atom is 0.134 e. The summed E-state index contributed by atoms with van der Waals surface area (Å²) in [6.07, 6.45) is 1.47. The summed E-state index contributed by atoms with van der Waals surface area (Å²) >= 11 is 0. The Morgan fingerprint density at radius 2 is 1.83 bits per heavy atom. The summed E-state index contributed by atoms with van der Waals surface area (Å²) in [4.78, 5) is 7.92. The van der Waals surface area contributed by atoms with Crippen LogP contribution < -0.4 is 11.9 Å². The highest BCUT2D eigenvalue weighted by molar-refractivity contribution is 5.87. The van der Waals surface area contributed by atoms with Gasteiger partial charge in [0.1, 0.15) is 12.1 Å². The summed E-state index contributed by atoms with van der Waals surface area (Å²) in [5.41, 5.74) is 6.49. The highest BCUT2D eigenvalue weighted by Crippen LogP contribution is 2.14. The molecule has 1 aromatic heterocycles. The second-order valence-corrected chi connectivity index (χ2v) is 2.28. The predicted octanol–water partition coefficient (Wildman–Crippen LogP) is 1.37. The van der Waals surface area contributed by atoms with E-state index >= 15 is 0 Å². The van der Waals surface area contributed by atoms with E-state index in [-0.39, 0.29) is 6.15 Å². The van der Waals surface area contributed by atoms with Crippen molar-refractivity contribution in [2.24, 2.45) is 0 Å². The van der Waals surface area contributed by atoms with Gasteiger partial charge in [-0.25, -0.2) is 9.97 Å². The van der Waals surface area contributed by atoms with E-state index < -0.39 is 0 Å². The second kappa shape index (κ2) is 3.15. The van der Waals surface area contributed by atoms with Crippen LogP contribution in [0.15, 0.2) is 30.6 Å². The normalized spacial score (nSPS) is 9.33. The first-order chi connectivity index (χ1) is 5.38. The quantitative estimate of drug-likeness (QED) is 0.612. The van der Waals surface area contributed by atoms with Crippen molar-refractivity contribution >= 4 is 16.7 Å². The van der Waals surface area contributed by atoms with Gasteiger partial charge in [0.2, 0.25) is 0 Å². The minimum Gasteiger partial charge on any atom is -0.383 e. The fourth-order valence-corrected chi connectivity index (χ4v) is 1.03. The molecule has 0 spiro atoms. The molecule has 4 heteroatoms. The van der Waals surface area contributed by atoms with Crippen molar-refractivity contribution in [3.63, 3.8) is 0 Å². The number of fused-ring (bicyclic) bond motifs is 1. The molecule has 0 saturated heterocycles. The smallest absolute Gasteiger partial charge is 0.134 e. The summed E-state index contributed by atoms with van der Waals surface area (Å²) in [5.74, 6) is 0.538. The molecule has 0 amide bonds. The fourth-order valence-electron chi connectivity index (χ4n) is 1.03. The molecule has 0 unspecified atom stereocenters. The minimum atomic E-state index is 0. The van der Waals surface area contributed by atoms with Crippen LogP contribution in [0.5, 0.6) is 0 Å². The lowest BCUT2D eigenvalue weighted by atomic mass is 10.2. The van der Waals surface area contributed by atoms with Crippen molar-refractivity contribution in [2.45, 2.75) is 0 Å². The first kappa shape index (κ1) is 8.42. The molecule has 0 fully saturated rings. The number of nitrogen functional groups attached to an aromatic ring is 1. The number of para-hydroxylation sites is 1. The Bertz CT molecular complexity index is 380. The third-order valence-electron chi connectivity index (χ3n) is 1.57. The average molecular weight is 162 g/mol. The van der Waals surface area contributed by atoms with Crippen molar-refractivity contribution in [2.75, 3.05) is 5.73 Å². The second-order valence-electron chi connectivity index (χ2n) is 2.28. The molecule has 0 aliphatic rings. The van der Waals surface area contributed by atoms with Crippen LogP contribution in [-0.4, -0.2) is 9.97 Å². The molecule has 0 radical (unpaired) electrons. The Morgan fingerprint density at radius 1 is 1.08 bits per heavy atom. The van der Waals surface area contributed by atoms with Gasteiger partial charge in [0.15, 0.2) is 0 Å². The van der Waals surface area contributed by atoms with Crippen LogP contribution in [-0.2, 0) is 0 Å². The van der Waals surface area contributed by atoms with Gasteiger partial charge in [0, 0.05) is 5.39 Å². The molecular weight excluding hydrogens is 152 g/mol. The Hall–Kier alpha value is -1.68. The third-order valence-corrected chi connectivity index (χ3v) is 1.57. The number of aromatic nitrogens is 2. The number of nitrogens with two attached hydrogens (primary N) is 1. The fraction of sp³-hybridized carbons (Fsp3) is 0. The molecule has 0 aliphatic heterocycles. The van der Waals surface area contributed by atoms with Gasteiger partial charge in [-0.1, -0.05) is 12.1 Å². The Balaban J connectivity index is 0.000000720. The van der Waals surface area contributed by atoms with E-state index in [1.165, 1.54) is 6.33 Å². The van der Waals surface area contributed by atoms with Crippen LogP contribution in [0.2, 0.25) is 0 Å². The number of rotatable bonds is 0. The van der Waals surface area contributed by atoms with Crippen molar-refractivity contribution in [1.82, 2.24) is 16.1 Å². The first-order valence-corrected chi connectivity index (χ1v) is 3.33. The molecule has 5 N–H and O–H groups in total. The largest absolute Gasteiger partial charge is 0.383 e. The molecule has 2 aromatic rings. The Morgan fingerprint density at radius 3 is 2.58 bits per heavy atom. The molecule has 1 heterocycles. The van der Waals surface area contributed by atoms with Gasteiger partial charge in [0.05, 0.1) is 5.52 Å². The average Bonchev–Trinajstić information content (AvgIpc) is 2.06. The molecule has 0 atom stereocenters. The van der Waals surface area contributed by atoms with E-state index in [4.69, 9.17) is 5.73 Å². The van der Waals surface area contributed by atoms with Gasteiger partial charge in [-0.2, -0.15) is 0 Å². The number of anilines is 1. The van der Waals surface area contributed by atoms with Crippen LogP contribution in [0.3, 0.4) is 0 Å². The highest BCUT2D eigenvalue weighted by Gasteiger charge is 1.95. The SMILES string of the molecule is N.Nc1ncnc2ccccc12. The number of hydrogen-bond donors (Lipinski definition) is 2. The van der Waals surface area contributed by atoms with Crippen LogP contribution in [0.4, 0.5) is 5.82 Å². The monoisotopic (exact) mass is 162 g/mol. The summed E-state index contributed by atoms with van der Waals surface area (Å²) in [6.45, 7) is 0. The van der Waals surface area contributed by atoms with Crippen molar-refractivity contribution in [3.8, 4) is 0 Å². The van der Waals surface area contributed by atoms with E-state index in [0.717, 1.165) is 10.9 Å². The molecular formula is C8H10N4. The van der Waals surface area contributed by atoms with Crippen molar-refractivity contribution < 1.29 is 0 Å². The minimum absolute atomic E-state index is 0. The van der Waals surface area contributed by atoms with Crippen LogP contribution in [0.25, 0.3) is 10.9 Å². The van der Waals surface area contributed by atoms with Gasteiger partial charge >= 0.3 is 0 Å². The lowest BCUT2D eigenvalue weighted by Gasteiger charge is -1.96. The molecule has 0 saturated carbocycles. The van der Waals surface area contributed by atoms with Gasteiger partial charge in [-0.3, -0.25) is 0 Å². The third kappa shape index (κ3) is 1.19. The van der Waals surface area contributed by atoms with Crippen LogP contribution in [0.1, 0.15) is 0 Å². The van der Waals surface area contributed by atoms with Crippen LogP contribution in [0, 0.1) is 0 Å². The lowest BCUT2D eigenvalue weighted by molar-refractivity contribution is 1.23. The topological polar surface area (TPSA) is 86.8 Å². The summed E-state index contributed by atoms with van der Waals surface area (Å²) < 4.78 is 0. The Labute approximate surface area is 70.0 Å². The molecule has 0 aliphatic carbocycles. The standard InChI is InChI=1S/C8H7N3.H3N/c9-8-6-3-1-2-4-7(6)10-5-11-8;/h1-5H,(H2,9,10,11);1H3. The zero-order valence-corrected chi connectivity index (χ0v) is 6.57. The molecule has 2 rings (SSSR count). The summed E-state index contributed by atoms with van der Waals surface area (Å²) in [6, 6.07) is 7.66. The van der Waals surface area contributed by atoms with E-state index in [1.54, 1.807) is 0 Å². The van der Waals surface area contributed by atoms with Crippen LogP contribution >= 0.6 is 0 Å². The molecule has 12 heavy (non-hydrogen) atoms. The van der Waals surface area contributed by atoms with Crippen molar-refractivity contribution in [1.29, 1.82) is 0 Å². The van der Waals surface area contributed by atoms with Gasteiger partial charge in [-0.05, 0) is 12.1 Å². The number of hydrogen-bond acceptors (Lipinski definition) is 4. The molecule has 1 aromatic carbocycles. The lowest BCUT2D eigenvalue weighted by Crippen LogP contribution is -1.91. The summed E-state index contributed by atoms with van der Waals surface area (Å²) in [5, 5.41) is 0.912. The first-order valence-electron chi connectivity index (χ1n) is 3.33. The zero-order chi connectivity index (χ0) is 7.68. The predicted molar refractivity (Wildman–Crippen MR) is 49.0 cm³/mol. The number of nitrogens with zero attached hydrogens (tertiary/aromatic N) is 2. The molecule has 4 nitrogen and oxygen atoms in total. The molecule has 62 valence electrons. The zero-order valence-electron chi connectivity index (χ0n) is 6.57. The van der Waals surface area contributed by atoms with Gasteiger partial charge in [-0.15, -0.1) is 0 Å². The van der Waals surface area contributed by atoms with Crippen molar-refractivity contribution in [3.05, 3.63) is 30.6 Å². The van der Waals surface area contributed by atoms with E-state index in [0.29, 0.717) is 5.82 Å². The Kier molecular flexibility index (Phi) is 2.21. The maximum atomic E-state index is 5.61. The maximum absolute atomic E-state index is 5.61. The summed E-state index contributed by atoms with van der Waals surface area (Å²) in [7, 11) is 0. The van der Waals surface area contributed by atoms with Gasteiger partial charge < -0.3 is 11.9 Å². The van der Waals surface area contributed by atoms with E-state index in [2.05, 4.69) is 9.97 Å².